The minimum Gasteiger partial charge on any atom is -0.260 e. The minimum atomic E-state index is 0.464. The maximum absolute atomic E-state index is 4.48. The maximum Gasteiger partial charge on any atom is 0.0540 e. The van der Waals surface area contributed by atoms with Gasteiger partial charge in [0.1, 0.15) is 0 Å². The summed E-state index contributed by atoms with van der Waals surface area (Å²) in [6.45, 7) is 0. The zero-order chi connectivity index (χ0) is 8.02. The standard InChI is InChI=1S/C11H11N/c1-3-9-4-2-8-12-10(9)11(5-1)6-7-11/h1-4,8H,5-7H2. The smallest absolute Gasteiger partial charge is 0.0540 e. The fourth-order valence-corrected chi connectivity index (χ4v) is 2.10. The summed E-state index contributed by atoms with van der Waals surface area (Å²) >= 11 is 0. The molecule has 0 N–H and O–H groups in total. The van der Waals surface area contributed by atoms with Crippen molar-refractivity contribution < 1.29 is 0 Å². The molecule has 1 nitrogen and oxygen atoms in total. The van der Waals surface area contributed by atoms with Crippen molar-refractivity contribution in [2.24, 2.45) is 0 Å². The summed E-state index contributed by atoms with van der Waals surface area (Å²) in [7, 11) is 0. The highest BCUT2D eigenvalue weighted by Gasteiger charge is 2.46. The summed E-state index contributed by atoms with van der Waals surface area (Å²) in [5, 5.41) is 0. The Labute approximate surface area is 72.1 Å². The van der Waals surface area contributed by atoms with Gasteiger partial charge in [0.2, 0.25) is 0 Å². The van der Waals surface area contributed by atoms with Crippen molar-refractivity contribution in [1.29, 1.82) is 0 Å². The fourth-order valence-electron chi connectivity index (χ4n) is 2.10. The van der Waals surface area contributed by atoms with Crippen LogP contribution in [-0.4, -0.2) is 4.98 Å². The van der Waals surface area contributed by atoms with Crippen LogP contribution in [0.3, 0.4) is 0 Å². The molecular weight excluding hydrogens is 146 g/mol. The van der Waals surface area contributed by atoms with E-state index in [-0.39, 0.29) is 0 Å². The predicted molar refractivity (Wildman–Crippen MR) is 48.8 cm³/mol. The zero-order valence-corrected chi connectivity index (χ0v) is 6.96. The van der Waals surface area contributed by atoms with Gasteiger partial charge in [-0.05, 0) is 30.9 Å². The Morgan fingerprint density at radius 2 is 2.25 bits per heavy atom. The van der Waals surface area contributed by atoms with Crippen LogP contribution in [0, 0.1) is 0 Å². The van der Waals surface area contributed by atoms with E-state index in [1.807, 2.05) is 12.3 Å². The number of hydrogen-bond donors (Lipinski definition) is 0. The summed E-state index contributed by atoms with van der Waals surface area (Å²) in [5.74, 6) is 0. The Morgan fingerprint density at radius 1 is 1.33 bits per heavy atom. The molecule has 0 unspecified atom stereocenters. The fraction of sp³-hybridized carbons (Fsp3) is 0.364. The molecule has 1 aromatic rings. The average Bonchev–Trinajstić information content (AvgIpc) is 2.87. The van der Waals surface area contributed by atoms with Gasteiger partial charge < -0.3 is 0 Å². The van der Waals surface area contributed by atoms with Crippen molar-refractivity contribution in [2.45, 2.75) is 24.7 Å². The summed E-state index contributed by atoms with van der Waals surface area (Å²) < 4.78 is 0. The number of nitrogens with zero attached hydrogens (tertiary/aromatic N) is 1. The second-order valence-corrected chi connectivity index (χ2v) is 3.83. The Hall–Kier alpha value is -1.11. The van der Waals surface area contributed by atoms with Gasteiger partial charge in [0, 0.05) is 11.6 Å². The van der Waals surface area contributed by atoms with E-state index in [4.69, 9.17) is 0 Å². The lowest BCUT2D eigenvalue weighted by molar-refractivity contribution is 0.670. The van der Waals surface area contributed by atoms with E-state index in [9.17, 15) is 0 Å². The molecule has 12 heavy (non-hydrogen) atoms. The van der Waals surface area contributed by atoms with E-state index in [2.05, 4.69) is 23.2 Å². The van der Waals surface area contributed by atoms with Gasteiger partial charge in [0.15, 0.2) is 0 Å². The van der Waals surface area contributed by atoms with Crippen molar-refractivity contribution >= 4 is 6.08 Å². The minimum absolute atomic E-state index is 0.464. The molecule has 0 aromatic carbocycles. The first-order valence-electron chi connectivity index (χ1n) is 4.53. The highest BCUT2D eigenvalue weighted by Crippen LogP contribution is 2.53. The van der Waals surface area contributed by atoms with Gasteiger partial charge in [-0.25, -0.2) is 0 Å². The molecule has 1 fully saturated rings. The molecule has 60 valence electrons. The number of pyridine rings is 1. The van der Waals surface area contributed by atoms with Crippen LogP contribution in [-0.2, 0) is 5.41 Å². The monoisotopic (exact) mass is 157 g/mol. The Kier molecular flexibility index (Phi) is 1.06. The molecule has 0 aliphatic heterocycles. The number of rotatable bonds is 0. The first-order chi connectivity index (χ1) is 5.91. The summed E-state index contributed by atoms with van der Waals surface area (Å²) in [6, 6.07) is 4.18. The summed E-state index contributed by atoms with van der Waals surface area (Å²) in [4.78, 5) is 4.48. The van der Waals surface area contributed by atoms with Crippen molar-refractivity contribution in [1.82, 2.24) is 4.98 Å². The van der Waals surface area contributed by atoms with E-state index >= 15 is 0 Å². The largest absolute Gasteiger partial charge is 0.260 e. The molecule has 1 heteroatoms. The maximum atomic E-state index is 4.48. The van der Waals surface area contributed by atoms with Crippen LogP contribution in [0.1, 0.15) is 30.5 Å². The number of hydrogen-bond acceptors (Lipinski definition) is 1. The van der Waals surface area contributed by atoms with Gasteiger partial charge in [-0.1, -0.05) is 18.2 Å². The van der Waals surface area contributed by atoms with Crippen LogP contribution >= 0.6 is 0 Å². The lowest BCUT2D eigenvalue weighted by Gasteiger charge is -2.18. The van der Waals surface area contributed by atoms with Gasteiger partial charge in [-0.2, -0.15) is 0 Å². The molecular formula is C11H11N. The topological polar surface area (TPSA) is 12.9 Å². The Bertz CT molecular complexity index is 348. The second kappa shape index (κ2) is 1.98. The molecule has 1 heterocycles. The van der Waals surface area contributed by atoms with Gasteiger partial charge in [0.05, 0.1) is 5.69 Å². The van der Waals surface area contributed by atoms with Gasteiger partial charge in [0.25, 0.3) is 0 Å². The SMILES string of the molecule is C1=Cc2cccnc2C2(C1)CC2. The summed E-state index contributed by atoms with van der Waals surface area (Å²) in [5.41, 5.74) is 3.14. The van der Waals surface area contributed by atoms with E-state index in [1.165, 1.54) is 30.5 Å². The van der Waals surface area contributed by atoms with Crippen LogP contribution in [0.2, 0.25) is 0 Å². The number of fused-ring (bicyclic) bond motifs is 2. The molecule has 2 aliphatic carbocycles. The van der Waals surface area contributed by atoms with Crippen LogP contribution in [0.5, 0.6) is 0 Å². The molecule has 1 aromatic heterocycles. The summed E-state index contributed by atoms with van der Waals surface area (Å²) in [6.07, 6.45) is 10.3. The third-order valence-electron chi connectivity index (χ3n) is 3.00. The lowest BCUT2D eigenvalue weighted by Crippen LogP contribution is -2.12. The second-order valence-electron chi connectivity index (χ2n) is 3.83. The van der Waals surface area contributed by atoms with Crippen molar-refractivity contribution in [2.75, 3.05) is 0 Å². The molecule has 0 atom stereocenters. The molecule has 3 rings (SSSR count). The molecule has 0 amide bonds. The molecule has 1 saturated carbocycles. The predicted octanol–water partition coefficient (Wildman–Crippen LogP) is 2.53. The van der Waals surface area contributed by atoms with E-state index in [0.29, 0.717) is 5.41 Å². The highest BCUT2D eigenvalue weighted by atomic mass is 14.7. The number of aromatic nitrogens is 1. The van der Waals surface area contributed by atoms with Crippen molar-refractivity contribution in [3.05, 3.63) is 35.7 Å². The number of allylic oxidation sites excluding steroid dienone is 1. The van der Waals surface area contributed by atoms with E-state index in [1.54, 1.807) is 0 Å². The molecule has 0 radical (unpaired) electrons. The van der Waals surface area contributed by atoms with Crippen LogP contribution in [0.25, 0.3) is 6.08 Å². The molecule has 2 aliphatic rings. The average molecular weight is 157 g/mol. The molecule has 0 saturated heterocycles. The van der Waals surface area contributed by atoms with Gasteiger partial charge in [-0.15, -0.1) is 0 Å². The van der Waals surface area contributed by atoms with Gasteiger partial charge in [-0.3, -0.25) is 4.98 Å². The van der Waals surface area contributed by atoms with Crippen LogP contribution in [0.15, 0.2) is 24.4 Å². The first kappa shape index (κ1) is 6.41. The van der Waals surface area contributed by atoms with Crippen LogP contribution in [0.4, 0.5) is 0 Å². The first-order valence-corrected chi connectivity index (χ1v) is 4.53. The van der Waals surface area contributed by atoms with E-state index in [0.717, 1.165) is 0 Å². The Balaban J connectivity index is 2.23. The quantitative estimate of drug-likeness (QED) is 0.564. The normalized spacial score (nSPS) is 22.3. The lowest BCUT2D eigenvalue weighted by atomic mass is 9.89. The highest BCUT2D eigenvalue weighted by molar-refractivity contribution is 5.58. The van der Waals surface area contributed by atoms with Gasteiger partial charge >= 0.3 is 0 Å². The third kappa shape index (κ3) is 0.711. The zero-order valence-electron chi connectivity index (χ0n) is 6.96. The Morgan fingerprint density at radius 3 is 3.08 bits per heavy atom. The van der Waals surface area contributed by atoms with Crippen LogP contribution < -0.4 is 0 Å². The third-order valence-corrected chi connectivity index (χ3v) is 3.00. The van der Waals surface area contributed by atoms with E-state index < -0.39 is 0 Å². The van der Waals surface area contributed by atoms with Crippen molar-refractivity contribution in [3.8, 4) is 0 Å². The van der Waals surface area contributed by atoms with Crippen molar-refractivity contribution in [3.63, 3.8) is 0 Å². The molecule has 0 bridgehead atoms. The molecule has 1 spiro atoms.